The van der Waals surface area contributed by atoms with Crippen molar-refractivity contribution in [2.45, 2.75) is 20.3 Å². The summed E-state index contributed by atoms with van der Waals surface area (Å²) < 4.78 is 33.3. The predicted molar refractivity (Wildman–Crippen MR) is 79.1 cm³/mol. The Bertz CT molecular complexity index is 586. The molecule has 2 rings (SSSR count). The van der Waals surface area contributed by atoms with Crippen LogP contribution in [-0.2, 0) is 16.3 Å². The van der Waals surface area contributed by atoms with Gasteiger partial charge in [0.05, 0.1) is 0 Å². The normalized spacial score (nSPS) is 10.8. The zero-order valence-corrected chi connectivity index (χ0v) is 13.0. The van der Waals surface area contributed by atoms with Crippen molar-refractivity contribution < 1.29 is 12.8 Å². The number of nitrogens with zero attached hydrogens (tertiary/aromatic N) is 2. The van der Waals surface area contributed by atoms with Gasteiger partial charge in [-0.05, 0) is 17.7 Å². The first kappa shape index (κ1) is 16.7. The molecule has 0 unspecified atom stereocenters. The van der Waals surface area contributed by atoms with Gasteiger partial charge in [0, 0.05) is 17.9 Å². The van der Waals surface area contributed by atoms with Crippen LogP contribution in [0.25, 0.3) is 0 Å². The lowest BCUT2D eigenvalue weighted by atomic mass is 10.2. The first-order chi connectivity index (χ1) is 9.46. The van der Waals surface area contributed by atoms with E-state index in [0.717, 1.165) is 17.0 Å². The third kappa shape index (κ3) is 6.21. The number of hydrogen-bond donors (Lipinski definition) is 0. The Morgan fingerprint density at radius 3 is 2.15 bits per heavy atom. The van der Waals surface area contributed by atoms with E-state index in [0.29, 0.717) is 0 Å². The minimum absolute atomic E-state index is 0.207. The van der Waals surface area contributed by atoms with Crippen molar-refractivity contribution in [2.75, 3.05) is 11.5 Å². The highest BCUT2D eigenvalue weighted by molar-refractivity contribution is 7.91. The second-order valence-electron chi connectivity index (χ2n) is 3.96. The van der Waals surface area contributed by atoms with Crippen molar-refractivity contribution in [2.24, 2.45) is 0 Å². The van der Waals surface area contributed by atoms with Crippen molar-refractivity contribution in [3.05, 3.63) is 46.2 Å². The number of rotatable bonds is 4. The Kier molecular flexibility index (Phi) is 6.74. The summed E-state index contributed by atoms with van der Waals surface area (Å²) in [4.78, 5) is 0. The van der Waals surface area contributed by atoms with Crippen molar-refractivity contribution in [3.8, 4) is 0 Å². The lowest BCUT2D eigenvalue weighted by molar-refractivity contribution is 0.598. The number of hydrogen-bond acceptors (Lipinski definition) is 5. The van der Waals surface area contributed by atoms with E-state index in [-0.39, 0.29) is 17.3 Å². The van der Waals surface area contributed by atoms with Gasteiger partial charge in [0.15, 0.2) is 0 Å². The SMILES string of the molecule is CCS(=O)(=O)CC.Fc1ccc(Cc2nncs2)cc1. The lowest BCUT2D eigenvalue weighted by Crippen LogP contribution is -2.04. The van der Waals surface area contributed by atoms with Crippen molar-refractivity contribution in [1.82, 2.24) is 10.2 Å². The van der Waals surface area contributed by atoms with Crippen LogP contribution in [-0.4, -0.2) is 30.1 Å². The number of benzene rings is 1. The summed E-state index contributed by atoms with van der Waals surface area (Å²) in [7, 11) is -2.66. The maximum atomic E-state index is 12.5. The van der Waals surface area contributed by atoms with E-state index in [1.807, 2.05) is 0 Å². The van der Waals surface area contributed by atoms with Gasteiger partial charge in [-0.3, -0.25) is 0 Å². The molecule has 0 fully saturated rings. The molecule has 0 N–H and O–H groups in total. The first-order valence-electron chi connectivity index (χ1n) is 6.16. The Balaban J connectivity index is 0.000000246. The van der Waals surface area contributed by atoms with Crippen LogP contribution < -0.4 is 0 Å². The van der Waals surface area contributed by atoms with Gasteiger partial charge >= 0.3 is 0 Å². The van der Waals surface area contributed by atoms with Crippen LogP contribution in [0.4, 0.5) is 4.39 Å². The lowest BCUT2D eigenvalue weighted by Gasteiger charge is -1.95. The van der Waals surface area contributed by atoms with Gasteiger partial charge in [0.1, 0.15) is 26.2 Å². The molecule has 0 radical (unpaired) electrons. The average Bonchev–Trinajstić information content (AvgIpc) is 2.95. The molecule has 0 aliphatic rings. The molecule has 110 valence electrons. The molecule has 0 aliphatic heterocycles. The maximum Gasteiger partial charge on any atom is 0.149 e. The van der Waals surface area contributed by atoms with Gasteiger partial charge in [0.25, 0.3) is 0 Å². The molecule has 0 bridgehead atoms. The van der Waals surface area contributed by atoms with E-state index in [1.54, 1.807) is 31.5 Å². The molecule has 0 atom stereocenters. The largest absolute Gasteiger partial charge is 0.229 e. The smallest absolute Gasteiger partial charge is 0.149 e. The summed E-state index contributed by atoms with van der Waals surface area (Å²) in [5.41, 5.74) is 2.75. The van der Waals surface area contributed by atoms with Crippen molar-refractivity contribution in [1.29, 1.82) is 0 Å². The van der Waals surface area contributed by atoms with E-state index in [4.69, 9.17) is 0 Å². The van der Waals surface area contributed by atoms with E-state index >= 15 is 0 Å². The highest BCUT2D eigenvalue weighted by Crippen LogP contribution is 2.10. The molecule has 0 aliphatic carbocycles. The monoisotopic (exact) mass is 316 g/mol. The summed E-state index contributed by atoms with van der Waals surface area (Å²) in [6.45, 7) is 3.30. The quantitative estimate of drug-likeness (QED) is 0.870. The fourth-order valence-corrected chi connectivity index (χ4v) is 2.22. The molecule has 0 saturated carbocycles. The van der Waals surface area contributed by atoms with Crippen LogP contribution in [0.2, 0.25) is 0 Å². The third-order valence-corrected chi connectivity index (χ3v) is 5.01. The Labute approximate surface area is 122 Å². The molecule has 2 aromatic rings. The Morgan fingerprint density at radius 2 is 1.75 bits per heavy atom. The van der Waals surface area contributed by atoms with Crippen LogP contribution in [0, 0.1) is 5.82 Å². The number of halogens is 1. The molecule has 0 spiro atoms. The Morgan fingerprint density at radius 1 is 1.15 bits per heavy atom. The molecule has 20 heavy (non-hydrogen) atoms. The van der Waals surface area contributed by atoms with Gasteiger partial charge in [-0.25, -0.2) is 12.8 Å². The van der Waals surface area contributed by atoms with Gasteiger partial charge in [0.2, 0.25) is 0 Å². The second-order valence-corrected chi connectivity index (χ2v) is 7.52. The number of aromatic nitrogens is 2. The molecule has 0 saturated heterocycles. The fourth-order valence-electron chi connectivity index (χ4n) is 1.25. The molecular formula is C13H17FN2O2S2. The topological polar surface area (TPSA) is 59.9 Å². The minimum atomic E-state index is -2.66. The van der Waals surface area contributed by atoms with Crippen LogP contribution in [0.1, 0.15) is 24.4 Å². The Hall–Kier alpha value is -1.34. The van der Waals surface area contributed by atoms with E-state index in [2.05, 4.69) is 10.2 Å². The van der Waals surface area contributed by atoms with Gasteiger partial charge < -0.3 is 0 Å². The fraction of sp³-hybridized carbons (Fsp3) is 0.385. The summed E-state index contributed by atoms with van der Waals surface area (Å²) >= 11 is 1.51. The van der Waals surface area contributed by atoms with Gasteiger partial charge in [-0.1, -0.05) is 26.0 Å². The zero-order valence-electron chi connectivity index (χ0n) is 11.4. The molecule has 7 heteroatoms. The third-order valence-electron chi connectivity index (χ3n) is 2.55. The highest BCUT2D eigenvalue weighted by Gasteiger charge is 1.99. The van der Waals surface area contributed by atoms with E-state index in [1.165, 1.54) is 23.5 Å². The molecule has 1 aromatic heterocycles. The standard InChI is InChI=1S/C9H7FN2S.C4H10O2S/c10-8-3-1-7(2-4-8)5-9-12-11-6-13-9;1-3-7(5,6)4-2/h1-4,6H,5H2;3-4H2,1-2H3. The van der Waals surface area contributed by atoms with Gasteiger partial charge in [-0.15, -0.1) is 21.5 Å². The molecular weight excluding hydrogens is 299 g/mol. The zero-order chi connectivity index (χ0) is 15.0. The molecule has 1 heterocycles. The van der Waals surface area contributed by atoms with Crippen LogP contribution in [0.5, 0.6) is 0 Å². The molecule has 0 amide bonds. The van der Waals surface area contributed by atoms with E-state index < -0.39 is 9.84 Å². The van der Waals surface area contributed by atoms with Crippen molar-refractivity contribution >= 4 is 21.2 Å². The van der Waals surface area contributed by atoms with Crippen molar-refractivity contribution in [3.63, 3.8) is 0 Å². The maximum absolute atomic E-state index is 12.5. The van der Waals surface area contributed by atoms with Crippen LogP contribution >= 0.6 is 11.3 Å². The highest BCUT2D eigenvalue weighted by atomic mass is 32.2. The average molecular weight is 316 g/mol. The molecule has 1 aromatic carbocycles. The van der Waals surface area contributed by atoms with Gasteiger partial charge in [-0.2, -0.15) is 0 Å². The summed E-state index contributed by atoms with van der Waals surface area (Å²) in [6.07, 6.45) is 0.727. The minimum Gasteiger partial charge on any atom is -0.229 e. The first-order valence-corrected chi connectivity index (χ1v) is 8.87. The summed E-state index contributed by atoms with van der Waals surface area (Å²) in [5.74, 6) is 0.327. The van der Waals surface area contributed by atoms with E-state index in [9.17, 15) is 12.8 Å². The predicted octanol–water partition coefficient (Wildman–Crippen LogP) is 2.71. The number of sulfone groups is 1. The second kappa shape index (κ2) is 8.06. The molecule has 4 nitrogen and oxygen atoms in total. The van der Waals surface area contributed by atoms with Crippen LogP contribution in [0.15, 0.2) is 29.8 Å². The summed E-state index contributed by atoms with van der Waals surface area (Å²) in [5, 5.41) is 8.59. The summed E-state index contributed by atoms with van der Waals surface area (Å²) in [6, 6.07) is 6.43. The van der Waals surface area contributed by atoms with Crippen LogP contribution in [0.3, 0.4) is 0 Å².